The molecular weight excluding hydrogens is 245 g/mol. The van der Waals surface area contributed by atoms with E-state index in [0.717, 1.165) is 24.9 Å². The minimum absolute atomic E-state index is 0.173. The van der Waals surface area contributed by atoms with Crippen LogP contribution in [-0.2, 0) is 6.42 Å². The van der Waals surface area contributed by atoms with E-state index < -0.39 is 6.10 Å². The van der Waals surface area contributed by atoms with Gasteiger partial charge >= 0.3 is 0 Å². The summed E-state index contributed by atoms with van der Waals surface area (Å²) >= 11 is 12.1. The Morgan fingerprint density at radius 3 is 2.62 bits per heavy atom. The van der Waals surface area contributed by atoms with Gasteiger partial charge in [0, 0.05) is 22.5 Å². The second kappa shape index (κ2) is 5.37. The lowest BCUT2D eigenvalue weighted by atomic mass is 10.0. The quantitative estimate of drug-likeness (QED) is 0.875. The molecule has 0 radical (unpaired) electrons. The molecule has 0 amide bonds. The Morgan fingerprint density at radius 1 is 1.38 bits per heavy atom. The molecule has 2 N–H and O–H groups in total. The van der Waals surface area contributed by atoms with Crippen LogP contribution < -0.4 is 5.32 Å². The Balaban J connectivity index is 2.07. The van der Waals surface area contributed by atoms with Crippen molar-refractivity contribution < 1.29 is 5.11 Å². The normalized spacial score (nSPS) is 22.3. The van der Waals surface area contributed by atoms with Gasteiger partial charge in [0.15, 0.2) is 0 Å². The molecule has 1 fully saturated rings. The lowest BCUT2D eigenvalue weighted by molar-refractivity contribution is 0.136. The fourth-order valence-corrected chi connectivity index (χ4v) is 2.67. The number of aliphatic hydroxyl groups excluding tert-OH is 1. The summed E-state index contributed by atoms with van der Waals surface area (Å²) in [6, 6.07) is 5.59. The summed E-state index contributed by atoms with van der Waals surface area (Å²) in [5.41, 5.74) is 0.840. The molecule has 0 bridgehead atoms. The van der Waals surface area contributed by atoms with Crippen molar-refractivity contribution in [3.05, 3.63) is 33.8 Å². The fraction of sp³-hybridized carbons (Fsp3) is 0.500. The van der Waals surface area contributed by atoms with E-state index in [-0.39, 0.29) is 6.04 Å². The second-order valence-corrected chi connectivity index (χ2v) is 4.99. The lowest BCUT2D eigenvalue weighted by Gasteiger charge is -2.19. The molecule has 0 saturated carbocycles. The highest BCUT2D eigenvalue weighted by Crippen LogP contribution is 2.26. The Kier molecular flexibility index (Phi) is 4.09. The van der Waals surface area contributed by atoms with Crippen molar-refractivity contribution in [1.82, 2.24) is 5.32 Å². The van der Waals surface area contributed by atoms with Crippen molar-refractivity contribution >= 4 is 23.2 Å². The number of halogens is 2. The number of rotatable bonds is 3. The van der Waals surface area contributed by atoms with Gasteiger partial charge in [-0.15, -0.1) is 0 Å². The smallest absolute Gasteiger partial charge is 0.0734 e. The van der Waals surface area contributed by atoms with Crippen LogP contribution in [0.2, 0.25) is 10.0 Å². The topological polar surface area (TPSA) is 32.3 Å². The van der Waals surface area contributed by atoms with E-state index in [4.69, 9.17) is 23.2 Å². The summed E-state index contributed by atoms with van der Waals surface area (Å²) < 4.78 is 0. The van der Waals surface area contributed by atoms with Crippen molar-refractivity contribution in [3.63, 3.8) is 0 Å². The summed E-state index contributed by atoms with van der Waals surface area (Å²) in [5, 5.41) is 14.6. The number of hydrogen-bond donors (Lipinski definition) is 2. The Bertz CT molecular complexity index is 344. The maximum Gasteiger partial charge on any atom is 0.0734 e. The van der Waals surface area contributed by atoms with Gasteiger partial charge in [0.2, 0.25) is 0 Å². The van der Waals surface area contributed by atoms with Crippen LogP contribution in [0.15, 0.2) is 18.2 Å². The zero-order valence-electron chi connectivity index (χ0n) is 8.92. The number of benzene rings is 1. The Morgan fingerprint density at radius 2 is 2.06 bits per heavy atom. The summed E-state index contributed by atoms with van der Waals surface area (Å²) in [7, 11) is 0. The molecule has 1 saturated heterocycles. The molecular formula is C12H15Cl2NO. The van der Waals surface area contributed by atoms with Crippen LogP contribution in [0.5, 0.6) is 0 Å². The lowest BCUT2D eigenvalue weighted by Crippen LogP contribution is -2.36. The van der Waals surface area contributed by atoms with Crippen molar-refractivity contribution in [2.45, 2.75) is 31.4 Å². The Hall–Kier alpha value is -0.280. The molecule has 0 spiro atoms. The van der Waals surface area contributed by atoms with Crippen LogP contribution in [-0.4, -0.2) is 23.8 Å². The SMILES string of the molecule is OC(Cc1c(Cl)cccc1Cl)C1CCCN1. The van der Waals surface area contributed by atoms with Crippen LogP contribution in [0.3, 0.4) is 0 Å². The number of hydrogen-bond acceptors (Lipinski definition) is 2. The minimum Gasteiger partial charge on any atom is -0.391 e. The highest BCUT2D eigenvalue weighted by atomic mass is 35.5. The molecule has 16 heavy (non-hydrogen) atoms. The van der Waals surface area contributed by atoms with Gasteiger partial charge in [0.1, 0.15) is 0 Å². The van der Waals surface area contributed by atoms with Gasteiger partial charge in [0.25, 0.3) is 0 Å². The molecule has 88 valence electrons. The maximum absolute atomic E-state index is 10.1. The average molecular weight is 260 g/mol. The molecule has 2 unspecified atom stereocenters. The predicted octanol–water partition coefficient (Wildman–Crippen LogP) is 2.65. The fourth-order valence-electron chi connectivity index (χ4n) is 2.12. The van der Waals surface area contributed by atoms with E-state index in [1.54, 1.807) is 12.1 Å². The summed E-state index contributed by atoms with van der Waals surface area (Å²) in [5.74, 6) is 0. The first-order valence-corrected chi connectivity index (χ1v) is 6.28. The maximum atomic E-state index is 10.1. The average Bonchev–Trinajstić information content (AvgIpc) is 2.76. The largest absolute Gasteiger partial charge is 0.391 e. The van der Waals surface area contributed by atoms with Crippen LogP contribution in [0.1, 0.15) is 18.4 Å². The van der Waals surface area contributed by atoms with E-state index in [0.29, 0.717) is 16.5 Å². The van der Waals surface area contributed by atoms with Crippen molar-refractivity contribution in [1.29, 1.82) is 0 Å². The molecule has 0 aliphatic carbocycles. The van der Waals surface area contributed by atoms with Crippen molar-refractivity contribution in [2.75, 3.05) is 6.54 Å². The zero-order chi connectivity index (χ0) is 11.5. The molecule has 4 heteroatoms. The van der Waals surface area contributed by atoms with Crippen LogP contribution in [0, 0.1) is 0 Å². The predicted molar refractivity (Wildman–Crippen MR) is 67.2 cm³/mol. The monoisotopic (exact) mass is 259 g/mol. The highest BCUT2D eigenvalue weighted by molar-refractivity contribution is 6.35. The van der Waals surface area contributed by atoms with Crippen LogP contribution >= 0.6 is 23.2 Å². The van der Waals surface area contributed by atoms with Gasteiger partial charge < -0.3 is 10.4 Å². The first kappa shape index (κ1) is 12.2. The molecule has 1 aromatic rings. The van der Waals surface area contributed by atoms with Crippen molar-refractivity contribution in [2.24, 2.45) is 0 Å². The van der Waals surface area contributed by atoms with Gasteiger partial charge in [-0.2, -0.15) is 0 Å². The zero-order valence-corrected chi connectivity index (χ0v) is 10.4. The Labute approximate surface area is 106 Å². The van der Waals surface area contributed by atoms with E-state index in [9.17, 15) is 5.11 Å². The number of aliphatic hydroxyl groups is 1. The summed E-state index contributed by atoms with van der Waals surface area (Å²) in [4.78, 5) is 0. The van der Waals surface area contributed by atoms with Crippen LogP contribution in [0.25, 0.3) is 0 Å². The molecule has 2 nitrogen and oxygen atoms in total. The van der Waals surface area contributed by atoms with Gasteiger partial charge in [-0.25, -0.2) is 0 Å². The van der Waals surface area contributed by atoms with E-state index in [2.05, 4.69) is 5.32 Å². The third kappa shape index (κ3) is 2.69. The third-order valence-corrected chi connectivity index (χ3v) is 3.75. The van der Waals surface area contributed by atoms with E-state index >= 15 is 0 Å². The first-order valence-electron chi connectivity index (χ1n) is 5.53. The molecule has 1 aliphatic rings. The van der Waals surface area contributed by atoms with Crippen LogP contribution in [0.4, 0.5) is 0 Å². The molecule has 1 aromatic carbocycles. The van der Waals surface area contributed by atoms with E-state index in [1.165, 1.54) is 0 Å². The molecule has 2 rings (SSSR count). The minimum atomic E-state index is -0.417. The molecule has 1 heterocycles. The van der Waals surface area contributed by atoms with Gasteiger partial charge in [-0.05, 0) is 37.1 Å². The summed E-state index contributed by atoms with van der Waals surface area (Å²) in [6.45, 7) is 0.984. The van der Waals surface area contributed by atoms with Crippen molar-refractivity contribution in [3.8, 4) is 0 Å². The van der Waals surface area contributed by atoms with E-state index in [1.807, 2.05) is 6.07 Å². The first-order chi connectivity index (χ1) is 7.68. The highest BCUT2D eigenvalue weighted by Gasteiger charge is 2.24. The number of nitrogens with one attached hydrogen (secondary N) is 1. The standard InChI is InChI=1S/C12H15Cl2NO/c13-9-3-1-4-10(14)8(9)7-12(16)11-5-2-6-15-11/h1,3-4,11-12,15-16H,2,5-7H2. The third-order valence-electron chi connectivity index (χ3n) is 3.04. The van der Waals surface area contributed by atoms with Gasteiger partial charge in [-0.3, -0.25) is 0 Å². The molecule has 2 atom stereocenters. The van der Waals surface area contributed by atoms with Gasteiger partial charge in [-0.1, -0.05) is 29.3 Å². The molecule has 1 aliphatic heterocycles. The molecule has 0 aromatic heterocycles. The second-order valence-electron chi connectivity index (χ2n) is 4.17. The van der Waals surface area contributed by atoms with Gasteiger partial charge in [0.05, 0.1) is 6.10 Å². The summed E-state index contributed by atoms with van der Waals surface area (Å²) in [6.07, 6.45) is 2.23.